The summed E-state index contributed by atoms with van der Waals surface area (Å²) in [5.74, 6) is -0.556. The van der Waals surface area contributed by atoms with E-state index in [9.17, 15) is 9.59 Å². The Bertz CT molecular complexity index is 1080. The van der Waals surface area contributed by atoms with E-state index in [2.05, 4.69) is 25.4 Å². The first-order valence-corrected chi connectivity index (χ1v) is 11.1. The van der Waals surface area contributed by atoms with Crippen molar-refractivity contribution in [2.45, 2.75) is 47.5 Å². The summed E-state index contributed by atoms with van der Waals surface area (Å²) in [7, 11) is 0. The summed E-state index contributed by atoms with van der Waals surface area (Å²) in [5, 5.41) is 12.8. The topological polar surface area (TPSA) is 91.8 Å². The van der Waals surface area contributed by atoms with Crippen LogP contribution >= 0.6 is 0 Å². The number of rotatable bonds is 9. The lowest BCUT2D eigenvalue weighted by Crippen LogP contribution is -2.38. The Labute approximate surface area is 189 Å². The molecule has 32 heavy (non-hydrogen) atoms. The van der Waals surface area contributed by atoms with Gasteiger partial charge in [-0.05, 0) is 70.4 Å². The van der Waals surface area contributed by atoms with Crippen molar-refractivity contribution in [2.75, 3.05) is 13.1 Å². The van der Waals surface area contributed by atoms with Crippen LogP contribution in [0, 0.1) is 33.6 Å². The van der Waals surface area contributed by atoms with Gasteiger partial charge in [0.15, 0.2) is 0 Å². The van der Waals surface area contributed by atoms with Gasteiger partial charge in [0, 0.05) is 30.2 Å². The van der Waals surface area contributed by atoms with Crippen molar-refractivity contribution in [1.29, 1.82) is 0 Å². The summed E-state index contributed by atoms with van der Waals surface area (Å²) in [6, 6.07) is 9.95. The number of aryl methyl sites for hydroxylation is 5. The Morgan fingerprint density at radius 2 is 1.78 bits per heavy atom. The van der Waals surface area contributed by atoms with E-state index in [0.29, 0.717) is 12.1 Å². The molecule has 2 amide bonds. The van der Waals surface area contributed by atoms with Crippen molar-refractivity contribution in [2.24, 2.45) is 5.92 Å². The van der Waals surface area contributed by atoms with Gasteiger partial charge in [-0.1, -0.05) is 18.6 Å². The van der Waals surface area contributed by atoms with Crippen molar-refractivity contribution < 1.29 is 9.59 Å². The average Bonchev–Trinajstić information content (AvgIpc) is 3.33. The van der Waals surface area contributed by atoms with E-state index in [1.807, 2.05) is 71.1 Å². The molecule has 0 bridgehead atoms. The molecule has 0 aliphatic heterocycles. The largest absolute Gasteiger partial charge is 0.356 e. The van der Waals surface area contributed by atoms with Gasteiger partial charge in [-0.3, -0.25) is 14.7 Å². The van der Waals surface area contributed by atoms with E-state index >= 15 is 0 Å². The SMILES string of the molecule is Cc1ccc(-n2c(C)ccc2C)c(C(=O)NC[C@H](C)C(=O)NCCCc2cn[nH]c2C)c1. The van der Waals surface area contributed by atoms with Crippen molar-refractivity contribution >= 4 is 11.8 Å². The van der Waals surface area contributed by atoms with Crippen LogP contribution in [0.5, 0.6) is 0 Å². The molecule has 1 aromatic carbocycles. The van der Waals surface area contributed by atoms with Gasteiger partial charge in [0.25, 0.3) is 5.91 Å². The van der Waals surface area contributed by atoms with Crippen LogP contribution < -0.4 is 10.6 Å². The highest BCUT2D eigenvalue weighted by atomic mass is 16.2. The number of benzene rings is 1. The van der Waals surface area contributed by atoms with Crippen LogP contribution in [0.1, 0.15) is 51.9 Å². The summed E-state index contributed by atoms with van der Waals surface area (Å²) >= 11 is 0. The van der Waals surface area contributed by atoms with Gasteiger partial charge in [-0.2, -0.15) is 5.10 Å². The number of aromatic amines is 1. The monoisotopic (exact) mass is 435 g/mol. The molecule has 0 aliphatic carbocycles. The van der Waals surface area contributed by atoms with Crippen molar-refractivity contribution in [3.05, 3.63) is 70.3 Å². The maximum Gasteiger partial charge on any atom is 0.253 e. The Hall–Kier alpha value is -3.35. The molecule has 1 atom stereocenters. The van der Waals surface area contributed by atoms with E-state index in [-0.39, 0.29) is 24.3 Å². The van der Waals surface area contributed by atoms with Gasteiger partial charge < -0.3 is 15.2 Å². The van der Waals surface area contributed by atoms with Gasteiger partial charge in [0.1, 0.15) is 0 Å². The van der Waals surface area contributed by atoms with Crippen LogP contribution in [-0.2, 0) is 11.2 Å². The molecule has 0 saturated carbocycles. The fourth-order valence-corrected chi connectivity index (χ4v) is 3.80. The standard InChI is InChI=1S/C25H33N5O2/c1-16-8-11-23(30-18(3)9-10-19(30)4)22(13-16)25(32)27-14-17(2)24(31)26-12-6-7-21-15-28-29-20(21)5/h8-11,13,15,17H,6-7,12,14H2,1-5H3,(H,26,31)(H,27,32)(H,28,29)/t17-/m0/s1. The van der Waals surface area contributed by atoms with Crippen molar-refractivity contribution in [1.82, 2.24) is 25.4 Å². The Kier molecular flexibility index (Phi) is 7.51. The molecule has 3 rings (SSSR count). The first-order chi connectivity index (χ1) is 15.3. The summed E-state index contributed by atoms with van der Waals surface area (Å²) in [6.07, 6.45) is 3.53. The molecule has 3 aromatic rings. The number of nitrogens with zero attached hydrogens (tertiary/aromatic N) is 2. The lowest BCUT2D eigenvalue weighted by molar-refractivity contribution is -0.124. The van der Waals surface area contributed by atoms with Crippen LogP contribution in [0.3, 0.4) is 0 Å². The fourth-order valence-electron chi connectivity index (χ4n) is 3.80. The zero-order valence-electron chi connectivity index (χ0n) is 19.6. The zero-order valence-corrected chi connectivity index (χ0v) is 19.6. The van der Waals surface area contributed by atoms with Crippen LogP contribution in [0.2, 0.25) is 0 Å². The second kappa shape index (κ2) is 10.3. The Morgan fingerprint density at radius 1 is 1.06 bits per heavy atom. The summed E-state index contributed by atoms with van der Waals surface area (Å²) in [5.41, 5.74) is 6.84. The average molecular weight is 436 g/mol. The molecule has 0 saturated heterocycles. The van der Waals surface area contributed by atoms with E-state index in [4.69, 9.17) is 0 Å². The third-order valence-corrected chi connectivity index (χ3v) is 5.78. The number of H-pyrrole nitrogens is 1. The smallest absolute Gasteiger partial charge is 0.253 e. The predicted octanol–water partition coefficient (Wildman–Crippen LogP) is 3.55. The maximum atomic E-state index is 13.0. The number of aromatic nitrogens is 3. The number of carbonyl (C=O) groups excluding carboxylic acids is 2. The third-order valence-electron chi connectivity index (χ3n) is 5.78. The Balaban J connectivity index is 1.55. The highest BCUT2D eigenvalue weighted by molar-refractivity contribution is 5.98. The first kappa shape index (κ1) is 23.3. The minimum atomic E-state index is -0.321. The fraction of sp³-hybridized carbons (Fsp3) is 0.400. The quantitative estimate of drug-likeness (QED) is 0.449. The minimum absolute atomic E-state index is 0.0595. The van der Waals surface area contributed by atoms with Crippen molar-refractivity contribution in [3.8, 4) is 5.69 Å². The van der Waals surface area contributed by atoms with E-state index in [1.54, 1.807) is 0 Å². The molecule has 170 valence electrons. The molecule has 7 nitrogen and oxygen atoms in total. The van der Waals surface area contributed by atoms with Crippen LogP contribution in [0.4, 0.5) is 0 Å². The van der Waals surface area contributed by atoms with E-state index in [0.717, 1.165) is 41.2 Å². The second-order valence-corrected chi connectivity index (χ2v) is 8.50. The number of nitrogens with one attached hydrogen (secondary N) is 3. The van der Waals surface area contributed by atoms with Gasteiger partial charge in [0.05, 0.1) is 23.4 Å². The number of amides is 2. The van der Waals surface area contributed by atoms with Crippen LogP contribution in [-0.4, -0.2) is 39.7 Å². The maximum absolute atomic E-state index is 13.0. The lowest BCUT2D eigenvalue weighted by atomic mass is 10.1. The number of carbonyl (C=O) groups is 2. The minimum Gasteiger partial charge on any atom is -0.356 e. The van der Waals surface area contributed by atoms with Crippen molar-refractivity contribution in [3.63, 3.8) is 0 Å². The first-order valence-electron chi connectivity index (χ1n) is 11.1. The Morgan fingerprint density at radius 3 is 2.44 bits per heavy atom. The molecular weight excluding hydrogens is 402 g/mol. The third kappa shape index (κ3) is 5.46. The molecule has 7 heteroatoms. The number of hydrogen-bond acceptors (Lipinski definition) is 3. The van der Waals surface area contributed by atoms with Gasteiger partial charge in [-0.25, -0.2) is 0 Å². The second-order valence-electron chi connectivity index (χ2n) is 8.50. The normalized spacial score (nSPS) is 11.9. The van der Waals surface area contributed by atoms with Gasteiger partial charge >= 0.3 is 0 Å². The van der Waals surface area contributed by atoms with E-state index < -0.39 is 0 Å². The molecule has 0 radical (unpaired) electrons. The lowest BCUT2D eigenvalue weighted by Gasteiger charge is -2.17. The highest BCUT2D eigenvalue weighted by Gasteiger charge is 2.18. The van der Waals surface area contributed by atoms with Gasteiger partial charge in [-0.15, -0.1) is 0 Å². The van der Waals surface area contributed by atoms with E-state index in [1.165, 1.54) is 5.56 Å². The molecular formula is C25H33N5O2. The molecule has 3 N–H and O–H groups in total. The molecule has 2 aromatic heterocycles. The summed E-state index contributed by atoms with van der Waals surface area (Å²) in [4.78, 5) is 25.5. The van der Waals surface area contributed by atoms with Crippen LogP contribution in [0.25, 0.3) is 5.69 Å². The predicted molar refractivity (Wildman–Crippen MR) is 126 cm³/mol. The molecule has 0 spiro atoms. The summed E-state index contributed by atoms with van der Waals surface area (Å²) < 4.78 is 2.08. The van der Waals surface area contributed by atoms with Crippen LogP contribution in [0.15, 0.2) is 36.5 Å². The molecule has 0 aliphatic rings. The highest BCUT2D eigenvalue weighted by Crippen LogP contribution is 2.21. The van der Waals surface area contributed by atoms with Gasteiger partial charge in [0.2, 0.25) is 5.91 Å². The molecule has 2 heterocycles. The number of hydrogen-bond donors (Lipinski definition) is 3. The summed E-state index contributed by atoms with van der Waals surface area (Å²) in [6.45, 7) is 10.7. The molecule has 0 fully saturated rings. The zero-order chi connectivity index (χ0) is 23.3. The molecule has 0 unspecified atom stereocenters.